The number of amides is 2. The van der Waals surface area contributed by atoms with Gasteiger partial charge < -0.3 is 20.1 Å². The first-order valence-electron chi connectivity index (χ1n) is 9.04. The van der Waals surface area contributed by atoms with Gasteiger partial charge in [-0.05, 0) is 30.5 Å². The average Bonchev–Trinajstić information content (AvgIpc) is 2.72. The van der Waals surface area contributed by atoms with Crippen LogP contribution in [0.25, 0.3) is 10.8 Å². The first kappa shape index (κ1) is 20.5. The fourth-order valence-corrected chi connectivity index (χ4v) is 3.41. The van der Waals surface area contributed by atoms with Gasteiger partial charge in [-0.1, -0.05) is 48.0 Å². The first-order valence-corrected chi connectivity index (χ1v) is 9.42. The van der Waals surface area contributed by atoms with Crippen LogP contribution in [0.3, 0.4) is 0 Å². The van der Waals surface area contributed by atoms with E-state index in [1.807, 2.05) is 49.4 Å². The molecule has 0 saturated heterocycles. The van der Waals surface area contributed by atoms with Crippen molar-refractivity contribution < 1.29 is 19.1 Å². The van der Waals surface area contributed by atoms with E-state index in [2.05, 4.69) is 0 Å². The second-order valence-corrected chi connectivity index (χ2v) is 6.70. The summed E-state index contributed by atoms with van der Waals surface area (Å²) in [6, 6.07) is 16.7. The van der Waals surface area contributed by atoms with Gasteiger partial charge >= 0.3 is 0 Å². The third kappa shape index (κ3) is 4.27. The SMILES string of the molecule is CCN(C(=O)c1cc(Cl)c(OCC(N)=O)c(OC)c1)c1cccc2ccccc12. The topological polar surface area (TPSA) is 81.9 Å². The summed E-state index contributed by atoms with van der Waals surface area (Å²) in [6.45, 7) is 2.02. The van der Waals surface area contributed by atoms with Crippen molar-refractivity contribution in [3.63, 3.8) is 0 Å². The van der Waals surface area contributed by atoms with E-state index in [4.69, 9.17) is 26.8 Å². The standard InChI is InChI=1S/C22H21ClN2O4/c1-3-25(18-10-6-8-14-7-4-5-9-16(14)18)22(27)15-11-17(23)21(19(12-15)28-2)29-13-20(24)26/h4-12H,3,13H2,1-2H3,(H2,24,26). The Morgan fingerprint density at radius 3 is 2.52 bits per heavy atom. The Morgan fingerprint density at radius 2 is 1.83 bits per heavy atom. The van der Waals surface area contributed by atoms with Crippen LogP contribution in [-0.4, -0.2) is 32.1 Å². The largest absolute Gasteiger partial charge is 0.493 e. The Balaban J connectivity index is 2.01. The van der Waals surface area contributed by atoms with Gasteiger partial charge in [0.25, 0.3) is 11.8 Å². The summed E-state index contributed by atoms with van der Waals surface area (Å²) < 4.78 is 10.6. The van der Waals surface area contributed by atoms with Crippen molar-refractivity contribution in [1.82, 2.24) is 0 Å². The average molecular weight is 413 g/mol. The van der Waals surface area contributed by atoms with E-state index in [-0.39, 0.29) is 29.0 Å². The second kappa shape index (κ2) is 8.84. The van der Waals surface area contributed by atoms with Gasteiger partial charge in [-0.2, -0.15) is 0 Å². The van der Waals surface area contributed by atoms with Crippen molar-refractivity contribution in [1.29, 1.82) is 0 Å². The lowest BCUT2D eigenvalue weighted by molar-refractivity contribution is -0.119. The van der Waals surface area contributed by atoms with Crippen LogP contribution in [-0.2, 0) is 4.79 Å². The summed E-state index contributed by atoms with van der Waals surface area (Å²) in [5.74, 6) is -0.462. The minimum absolute atomic E-state index is 0.155. The molecule has 0 aliphatic heterocycles. The number of carbonyl (C=O) groups is 2. The van der Waals surface area contributed by atoms with Crippen molar-refractivity contribution >= 4 is 39.9 Å². The smallest absolute Gasteiger partial charge is 0.258 e. The van der Waals surface area contributed by atoms with Crippen LogP contribution in [0.5, 0.6) is 11.5 Å². The third-order valence-corrected chi connectivity index (χ3v) is 4.73. The minimum Gasteiger partial charge on any atom is -0.493 e. The van der Waals surface area contributed by atoms with E-state index in [1.54, 1.807) is 11.0 Å². The molecule has 0 bridgehead atoms. The molecule has 0 fully saturated rings. The predicted octanol–water partition coefficient (Wildman–Crippen LogP) is 4.03. The Hall–Kier alpha value is -3.25. The number of benzene rings is 3. The zero-order chi connectivity index (χ0) is 21.0. The van der Waals surface area contributed by atoms with Crippen LogP contribution in [0, 0.1) is 0 Å². The molecule has 0 aliphatic carbocycles. The van der Waals surface area contributed by atoms with Gasteiger partial charge in [-0.3, -0.25) is 9.59 Å². The van der Waals surface area contributed by atoms with Crippen molar-refractivity contribution in [3.8, 4) is 11.5 Å². The van der Waals surface area contributed by atoms with E-state index >= 15 is 0 Å². The number of fused-ring (bicyclic) bond motifs is 1. The van der Waals surface area contributed by atoms with E-state index < -0.39 is 5.91 Å². The highest BCUT2D eigenvalue weighted by Gasteiger charge is 2.22. The van der Waals surface area contributed by atoms with Crippen molar-refractivity contribution in [2.75, 3.05) is 25.2 Å². The molecule has 2 N–H and O–H groups in total. The number of hydrogen-bond donors (Lipinski definition) is 1. The summed E-state index contributed by atoms with van der Waals surface area (Å²) in [5, 5.41) is 2.18. The molecule has 150 valence electrons. The number of nitrogens with two attached hydrogens (primary N) is 1. The number of rotatable bonds is 7. The van der Waals surface area contributed by atoms with Crippen molar-refractivity contribution in [2.45, 2.75) is 6.92 Å². The lowest BCUT2D eigenvalue weighted by Crippen LogP contribution is -2.30. The van der Waals surface area contributed by atoms with Crippen LogP contribution in [0.15, 0.2) is 54.6 Å². The molecule has 0 radical (unpaired) electrons. The van der Waals surface area contributed by atoms with E-state index in [9.17, 15) is 9.59 Å². The summed E-state index contributed by atoms with van der Waals surface area (Å²) in [7, 11) is 1.43. The Bertz CT molecular complexity index is 1060. The number of methoxy groups -OCH3 is 1. The van der Waals surface area contributed by atoms with Crippen LogP contribution < -0.4 is 20.1 Å². The van der Waals surface area contributed by atoms with Gasteiger partial charge in [0, 0.05) is 17.5 Å². The molecular weight excluding hydrogens is 392 g/mol. The molecule has 0 aromatic heterocycles. The molecule has 0 spiro atoms. The van der Waals surface area contributed by atoms with Gasteiger partial charge in [-0.15, -0.1) is 0 Å². The number of primary amides is 1. The summed E-state index contributed by atoms with van der Waals surface area (Å²) >= 11 is 6.30. The third-order valence-electron chi connectivity index (χ3n) is 4.45. The highest BCUT2D eigenvalue weighted by molar-refractivity contribution is 6.33. The second-order valence-electron chi connectivity index (χ2n) is 6.29. The minimum atomic E-state index is -0.642. The Labute approximate surface area is 173 Å². The molecule has 7 heteroatoms. The van der Waals surface area contributed by atoms with Crippen LogP contribution in [0.1, 0.15) is 17.3 Å². The highest BCUT2D eigenvalue weighted by atomic mass is 35.5. The maximum absolute atomic E-state index is 13.3. The fraction of sp³-hybridized carbons (Fsp3) is 0.182. The maximum Gasteiger partial charge on any atom is 0.258 e. The number of nitrogens with zero attached hydrogens (tertiary/aromatic N) is 1. The summed E-state index contributed by atoms with van der Waals surface area (Å²) in [6.07, 6.45) is 0. The summed E-state index contributed by atoms with van der Waals surface area (Å²) in [4.78, 5) is 26.0. The molecule has 6 nitrogen and oxygen atoms in total. The van der Waals surface area contributed by atoms with Crippen molar-refractivity contribution in [2.24, 2.45) is 5.73 Å². The normalized spacial score (nSPS) is 10.6. The van der Waals surface area contributed by atoms with Crippen molar-refractivity contribution in [3.05, 3.63) is 65.2 Å². The van der Waals surface area contributed by atoms with Gasteiger partial charge in [0.15, 0.2) is 18.1 Å². The Kier molecular flexibility index (Phi) is 6.24. The molecule has 29 heavy (non-hydrogen) atoms. The number of halogens is 1. The van der Waals surface area contributed by atoms with Crippen LogP contribution in [0.4, 0.5) is 5.69 Å². The molecule has 0 aliphatic rings. The molecule has 2 amide bonds. The number of ether oxygens (including phenoxy) is 2. The van der Waals surface area contributed by atoms with Gasteiger partial charge in [0.2, 0.25) is 0 Å². The molecule has 3 aromatic carbocycles. The van der Waals surface area contributed by atoms with Gasteiger partial charge in [0.1, 0.15) is 0 Å². The van der Waals surface area contributed by atoms with Crippen LogP contribution in [0.2, 0.25) is 5.02 Å². The molecular formula is C22H21ClN2O4. The van der Waals surface area contributed by atoms with Crippen LogP contribution >= 0.6 is 11.6 Å². The molecule has 3 rings (SSSR count). The highest BCUT2D eigenvalue weighted by Crippen LogP contribution is 2.37. The number of anilines is 1. The quantitative estimate of drug-likeness (QED) is 0.635. The Morgan fingerprint density at radius 1 is 1.10 bits per heavy atom. The molecule has 0 atom stereocenters. The lowest BCUT2D eigenvalue weighted by atomic mass is 10.1. The van der Waals surface area contributed by atoms with E-state index in [0.29, 0.717) is 12.1 Å². The van der Waals surface area contributed by atoms with Gasteiger partial charge in [-0.25, -0.2) is 0 Å². The number of carbonyl (C=O) groups excluding carboxylic acids is 2. The van der Waals surface area contributed by atoms with E-state index in [0.717, 1.165) is 16.5 Å². The zero-order valence-corrected chi connectivity index (χ0v) is 16.9. The summed E-state index contributed by atoms with van der Waals surface area (Å²) in [5.41, 5.74) is 6.27. The molecule has 0 heterocycles. The first-order chi connectivity index (χ1) is 14.0. The van der Waals surface area contributed by atoms with Gasteiger partial charge in [0.05, 0.1) is 17.8 Å². The molecule has 0 saturated carbocycles. The molecule has 3 aromatic rings. The maximum atomic E-state index is 13.3. The zero-order valence-electron chi connectivity index (χ0n) is 16.1. The lowest BCUT2D eigenvalue weighted by Gasteiger charge is -2.23. The fourth-order valence-electron chi connectivity index (χ4n) is 3.15. The number of hydrogen-bond acceptors (Lipinski definition) is 4. The predicted molar refractivity (Wildman–Crippen MR) is 114 cm³/mol. The van der Waals surface area contributed by atoms with E-state index in [1.165, 1.54) is 13.2 Å². The monoisotopic (exact) mass is 412 g/mol. The molecule has 0 unspecified atom stereocenters.